The molecule has 1 aliphatic heterocycles. The van der Waals surface area contributed by atoms with Gasteiger partial charge in [0.15, 0.2) is 17.3 Å². The standard InChI is InChI=1S/C13H22FN3S.C10H7NO2.C2H6/c1-10(14)4-5-11(16-3)6-7-13(2)8-9-18-12(15)17-13;12-6-8-2-1-3-9(4-8)10-5-11-7-13-10;1-2/h4-6,10,16H,7-9H2,1-3H3,(H2,15,17);1-7H;1-2H3/b5-4-,11-6+;;. The number of carbonyl (C=O) groups is 1. The third-order valence-electron chi connectivity index (χ3n) is 4.60. The normalized spacial score (nSPS) is 18.8. The number of likely N-dealkylation sites (N-methyl/N-ethyl adjacent to an activating group) is 1. The number of benzene rings is 1. The summed E-state index contributed by atoms with van der Waals surface area (Å²) in [5.41, 5.74) is 8.03. The van der Waals surface area contributed by atoms with E-state index in [1.165, 1.54) is 19.4 Å². The van der Waals surface area contributed by atoms with E-state index in [1.54, 1.807) is 36.2 Å². The maximum Gasteiger partial charge on any atom is 0.181 e. The van der Waals surface area contributed by atoms with Crippen LogP contribution in [-0.4, -0.2) is 40.9 Å². The molecule has 0 radical (unpaired) electrons. The van der Waals surface area contributed by atoms with Gasteiger partial charge < -0.3 is 15.5 Å². The van der Waals surface area contributed by atoms with Gasteiger partial charge in [0.05, 0.1) is 11.7 Å². The highest BCUT2D eigenvalue weighted by molar-refractivity contribution is 8.13. The van der Waals surface area contributed by atoms with E-state index in [1.807, 2.05) is 39.1 Å². The molecule has 33 heavy (non-hydrogen) atoms. The summed E-state index contributed by atoms with van der Waals surface area (Å²) < 4.78 is 17.8. The molecule has 0 saturated heterocycles. The van der Waals surface area contributed by atoms with Gasteiger partial charge in [0.2, 0.25) is 0 Å². The van der Waals surface area contributed by atoms with Gasteiger partial charge in [-0.3, -0.25) is 9.79 Å². The van der Waals surface area contributed by atoms with Crippen LogP contribution in [0, 0.1) is 0 Å². The average Bonchev–Trinajstić information content (AvgIpc) is 3.36. The Morgan fingerprint density at radius 3 is 2.76 bits per heavy atom. The van der Waals surface area contributed by atoms with E-state index in [2.05, 4.69) is 22.2 Å². The van der Waals surface area contributed by atoms with E-state index in [-0.39, 0.29) is 5.54 Å². The summed E-state index contributed by atoms with van der Waals surface area (Å²) in [5, 5.41) is 3.71. The predicted molar refractivity (Wildman–Crippen MR) is 137 cm³/mol. The van der Waals surface area contributed by atoms with Gasteiger partial charge in [0.1, 0.15) is 12.5 Å². The highest BCUT2D eigenvalue weighted by atomic mass is 32.2. The number of thioether (sulfide) groups is 1. The van der Waals surface area contributed by atoms with E-state index in [0.29, 0.717) is 16.5 Å². The van der Waals surface area contributed by atoms with Crippen molar-refractivity contribution in [2.24, 2.45) is 10.7 Å². The molecular weight excluding hydrogens is 439 g/mol. The number of oxazole rings is 1. The highest BCUT2D eigenvalue weighted by Crippen LogP contribution is 2.29. The number of nitrogens with two attached hydrogens (primary N) is 1. The molecule has 1 aromatic carbocycles. The van der Waals surface area contributed by atoms with Crippen LogP contribution in [-0.2, 0) is 0 Å². The second-order valence-electron chi connectivity index (χ2n) is 7.30. The molecule has 0 amide bonds. The molecule has 2 heterocycles. The maximum atomic E-state index is 12.7. The number of carbonyl (C=O) groups excluding carboxylic acids is 1. The molecule has 1 aliphatic rings. The number of alkyl halides is 1. The van der Waals surface area contributed by atoms with Gasteiger partial charge in [-0.05, 0) is 44.9 Å². The predicted octanol–water partition coefficient (Wildman–Crippen LogP) is 5.78. The SMILES string of the molecule is CC.CNC(/C=C\C(C)F)=C/CC1(C)CCSC(N)=N1.O=Cc1cccc(-c2cnco2)c1. The van der Waals surface area contributed by atoms with E-state index >= 15 is 0 Å². The largest absolute Gasteiger partial charge is 0.444 e. The smallest absolute Gasteiger partial charge is 0.181 e. The third kappa shape index (κ3) is 10.5. The number of hydrogen-bond donors (Lipinski definition) is 2. The summed E-state index contributed by atoms with van der Waals surface area (Å²) in [4.78, 5) is 18.8. The van der Waals surface area contributed by atoms with Crippen molar-refractivity contribution in [3.63, 3.8) is 0 Å². The maximum absolute atomic E-state index is 12.7. The number of rotatable bonds is 7. The topological polar surface area (TPSA) is 93.5 Å². The highest BCUT2D eigenvalue weighted by Gasteiger charge is 2.25. The minimum Gasteiger partial charge on any atom is -0.444 e. The van der Waals surface area contributed by atoms with Crippen LogP contribution in [0.25, 0.3) is 11.3 Å². The fourth-order valence-corrected chi connectivity index (χ4v) is 3.86. The van der Waals surface area contributed by atoms with E-state index in [9.17, 15) is 9.18 Å². The van der Waals surface area contributed by atoms with Gasteiger partial charge in [-0.15, -0.1) is 0 Å². The molecule has 1 aromatic heterocycles. The summed E-state index contributed by atoms with van der Waals surface area (Å²) in [6.07, 6.45) is 10.00. The molecule has 0 spiro atoms. The number of nitrogens with zero attached hydrogens (tertiary/aromatic N) is 2. The quantitative estimate of drug-likeness (QED) is 0.390. The van der Waals surface area contributed by atoms with Crippen LogP contribution in [0.4, 0.5) is 4.39 Å². The Balaban J connectivity index is 0.000000319. The Hall–Kier alpha value is -2.87. The number of amidine groups is 1. The number of aromatic nitrogens is 1. The molecule has 3 N–H and O–H groups in total. The Morgan fingerprint density at radius 2 is 2.18 bits per heavy atom. The Kier molecular flexibility index (Phi) is 12.8. The van der Waals surface area contributed by atoms with Crippen LogP contribution in [0.1, 0.15) is 50.9 Å². The van der Waals surface area contributed by atoms with Gasteiger partial charge in [-0.2, -0.15) is 0 Å². The zero-order valence-electron chi connectivity index (χ0n) is 20.0. The van der Waals surface area contributed by atoms with E-state index in [0.717, 1.165) is 36.1 Å². The van der Waals surface area contributed by atoms with Crippen LogP contribution >= 0.6 is 11.8 Å². The molecule has 0 bridgehead atoms. The number of halogens is 1. The summed E-state index contributed by atoms with van der Waals surface area (Å²) in [6, 6.07) is 7.18. The van der Waals surface area contributed by atoms with Gasteiger partial charge in [0.25, 0.3) is 0 Å². The molecule has 0 fully saturated rings. The Labute approximate surface area is 200 Å². The summed E-state index contributed by atoms with van der Waals surface area (Å²) in [7, 11) is 1.83. The average molecular weight is 475 g/mol. The van der Waals surface area contributed by atoms with Crippen molar-refractivity contribution >= 4 is 23.2 Å². The first-order valence-electron chi connectivity index (χ1n) is 11.0. The number of hydrogen-bond acceptors (Lipinski definition) is 7. The van der Waals surface area contributed by atoms with Crippen LogP contribution in [0.15, 0.2) is 70.2 Å². The number of nitrogens with one attached hydrogen (secondary N) is 1. The lowest BCUT2D eigenvalue weighted by Crippen LogP contribution is -2.30. The molecule has 6 nitrogen and oxygen atoms in total. The van der Waals surface area contributed by atoms with Crippen molar-refractivity contribution < 1.29 is 13.6 Å². The van der Waals surface area contributed by atoms with Crippen LogP contribution in [0.3, 0.4) is 0 Å². The second kappa shape index (κ2) is 15.1. The molecule has 2 atom stereocenters. The van der Waals surface area contributed by atoms with Crippen molar-refractivity contribution in [2.45, 2.75) is 52.2 Å². The van der Waals surface area contributed by atoms with Crippen LogP contribution in [0.2, 0.25) is 0 Å². The van der Waals surface area contributed by atoms with Gasteiger partial charge in [0, 0.05) is 29.6 Å². The van der Waals surface area contributed by atoms with Crippen molar-refractivity contribution in [1.29, 1.82) is 0 Å². The summed E-state index contributed by atoms with van der Waals surface area (Å²) >= 11 is 1.60. The number of aldehydes is 1. The first-order chi connectivity index (χ1) is 15.8. The summed E-state index contributed by atoms with van der Waals surface area (Å²) in [6.45, 7) is 7.61. The van der Waals surface area contributed by atoms with Crippen molar-refractivity contribution in [1.82, 2.24) is 10.3 Å². The van der Waals surface area contributed by atoms with Gasteiger partial charge >= 0.3 is 0 Å². The Morgan fingerprint density at radius 1 is 1.42 bits per heavy atom. The molecular formula is C25H35FN4O2S. The van der Waals surface area contributed by atoms with E-state index in [4.69, 9.17) is 10.2 Å². The summed E-state index contributed by atoms with van der Waals surface area (Å²) in [5.74, 6) is 1.68. The van der Waals surface area contributed by atoms with Crippen molar-refractivity contribution in [3.05, 3.63) is 66.3 Å². The minimum absolute atomic E-state index is 0.132. The lowest BCUT2D eigenvalue weighted by Gasteiger charge is -2.28. The fraction of sp³-hybridized carbons (Fsp3) is 0.400. The fourth-order valence-electron chi connectivity index (χ4n) is 2.82. The monoisotopic (exact) mass is 474 g/mol. The third-order valence-corrected chi connectivity index (χ3v) is 5.40. The molecule has 0 aliphatic carbocycles. The lowest BCUT2D eigenvalue weighted by atomic mass is 9.94. The minimum atomic E-state index is -0.933. The molecule has 3 rings (SSSR count). The first kappa shape index (κ1) is 28.2. The molecule has 2 aromatic rings. The second-order valence-corrected chi connectivity index (χ2v) is 8.42. The first-order valence-corrected chi connectivity index (χ1v) is 12.0. The molecule has 0 saturated carbocycles. The van der Waals surface area contributed by atoms with Gasteiger partial charge in [-0.1, -0.05) is 49.9 Å². The number of allylic oxidation sites excluding steroid dienone is 2. The lowest BCUT2D eigenvalue weighted by molar-refractivity contribution is 0.112. The zero-order chi connectivity index (χ0) is 24.7. The van der Waals surface area contributed by atoms with Crippen LogP contribution in [0.5, 0.6) is 0 Å². The van der Waals surface area contributed by atoms with Crippen molar-refractivity contribution in [3.8, 4) is 11.3 Å². The molecule has 8 heteroatoms. The van der Waals surface area contributed by atoms with Gasteiger partial charge in [-0.25, -0.2) is 9.37 Å². The van der Waals surface area contributed by atoms with Crippen molar-refractivity contribution in [2.75, 3.05) is 12.8 Å². The molecule has 2 unspecified atom stereocenters. The zero-order valence-corrected chi connectivity index (χ0v) is 20.9. The van der Waals surface area contributed by atoms with Crippen LogP contribution < -0.4 is 11.1 Å². The Bertz CT molecular complexity index is 926. The number of aliphatic imine (C=N–C) groups is 1. The van der Waals surface area contributed by atoms with E-state index < -0.39 is 6.17 Å². The molecule has 180 valence electrons.